The van der Waals surface area contributed by atoms with Gasteiger partial charge in [-0.25, -0.2) is 15.0 Å². The van der Waals surface area contributed by atoms with Gasteiger partial charge in [0.2, 0.25) is 11.8 Å². The molecule has 0 bridgehead atoms. The minimum absolute atomic E-state index is 0.0236. The van der Waals surface area contributed by atoms with Crippen LogP contribution in [0.1, 0.15) is 36.1 Å². The molecular weight excluding hydrogens is 578 g/mol. The Morgan fingerprint density at radius 1 is 1.10 bits per heavy atom. The molecule has 2 fully saturated rings. The van der Waals surface area contributed by atoms with Crippen LogP contribution >= 0.6 is 15.9 Å². The summed E-state index contributed by atoms with van der Waals surface area (Å²) in [6, 6.07) is 8.33. The number of carbonyl (C=O) groups is 3. The van der Waals surface area contributed by atoms with Crippen molar-refractivity contribution in [1.82, 2.24) is 29.6 Å². The van der Waals surface area contributed by atoms with Gasteiger partial charge in [-0.15, -0.1) is 0 Å². The molecule has 2 aliphatic rings. The van der Waals surface area contributed by atoms with Crippen LogP contribution < -0.4 is 10.1 Å². The molecule has 6 rings (SSSR count). The third-order valence-electron chi connectivity index (χ3n) is 7.43. The molecule has 1 aromatic carbocycles. The molecule has 3 atom stereocenters. The fourth-order valence-electron chi connectivity index (χ4n) is 5.40. The molecule has 11 nitrogen and oxygen atoms in total. The van der Waals surface area contributed by atoms with E-state index >= 15 is 0 Å². The van der Waals surface area contributed by atoms with Crippen molar-refractivity contribution in [3.63, 3.8) is 0 Å². The summed E-state index contributed by atoms with van der Waals surface area (Å²) in [4.78, 5) is 53.9. The molecule has 40 heavy (non-hydrogen) atoms. The number of amides is 2. The van der Waals surface area contributed by atoms with E-state index in [1.165, 1.54) is 14.0 Å². The number of ketones is 1. The van der Waals surface area contributed by atoms with E-state index in [9.17, 15) is 14.4 Å². The molecule has 0 radical (unpaired) electrons. The van der Waals surface area contributed by atoms with Gasteiger partial charge >= 0.3 is 0 Å². The lowest BCUT2D eigenvalue weighted by atomic mass is 10.0. The third-order valence-corrected chi connectivity index (χ3v) is 7.84. The van der Waals surface area contributed by atoms with Crippen LogP contribution in [0.25, 0.3) is 22.0 Å². The first-order valence-corrected chi connectivity index (χ1v) is 13.6. The van der Waals surface area contributed by atoms with E-state index in [0.717, 1.165) is 17.5 Å². The zero-order valence-electron chi connectivity index (χ0n) is 22.1. The normalized spacial score (nSPS) is 19.4. The van der Waals surface area contributed by atoms with Crippen LogP contribution in [0.15, 0.2) is 47.3 Å². The monoisotopic (exact) mass is 603 g/mol. The van der Waals surface area contributed by atoms with Crippen molar-refractivity contribution in [2.24, 2.45) is 5.92 Å². The van der Waals surface area contributed by atoms with Crippen molar-refractivity contribution >= 4 is 50.2 Å². The highest BCUT2D eigenvalue weighted by molar-refractivity contribution is 9.10. The highest BCUT2D eigenvalue weighted by Crippen LogP contribution is 2.48. The van der Waals surface area contributed by atoms with Crippen LogP contribution in [-0.2, 0) is 16.1 Å². The van der Waals surface area contributed by atoms with E-state index < -0.39 is 6.04 Å². The zero-order valence-corrected chi connectivity index (χ0v) is 23.7. The molecule has 1 N–H and O–H groups in total. The number of aromatic nitrogens is 5. The number of halogens is 1. The van der Waals surface area contributed by atoms with Crippen LogP contribution in [0.2, 0.25) is 0 Å². The highest BCUT2D eigenvalue weighted by Gasteiger charge is 2.56. The lowest BCUT2D eigenvalue weighted by Crippen LogP contribution is -2.46. The number of ether oxygens (including phenoxy) is 1. The SMILES string of the molecule is COc1cc(Br)nc(NC(=O)[C@@H]2C[C@H]3C[C@H]3N2C(=O)Cn2nc(C(C)=O)c3cc(-c4cnc(C)nc4)ccc32)c1. The maximum absolute atomic E-state index is 13.7. The summed E-state index contributed by atoms with van der Waals surface area (Å²) in [5.41, 5.74) is 2.60. The van der Waals surface area contributed by atoms with E-state index in [-0.39, 0.29) is 35.9 Å². The number of fused-ring (bicyclic) bond motifs is 2. The predicted molar refractivity (Wildman–Crippen MR) is 150 cm³/mol. The second kappa shape index (κ2) is 10.1. The predicted octanol–water partition coefficient (Wildman–Crippen LogP) is 3.80. The number of piperidine rings is 1. The molecule has 0 spiro atoms. The third kappa shape index (κ3) is 4.83. The van der Waals surface area contributed by atoms with Crippen molar-refractivity contribution in [3.8, 4) is 16.9 Å². The minimum atomic E-state index is -0.620. The molecule has 1 saturated carbocycles. The number of rotatable bonds is 7. The van der Waals surface area contributed by atoms with E-state index in [1.807, 2.05) is 25.1 Å². The number of carbonyl (C=O) groups excluding carboxylic acids is 3. The Morgan fingerprint density at radius 2 is 1.88 bits per heavy atom. The first-order valence-electron chi connectivity index (χ1n) is 12.9. The van der Waals surface area contributed by atoms with Gasteiger partial charge in [0, 0.05) is 48.4 Å². The van der Waals surface area contributed by atoms with Crippen LogP contribution in [0.3, 0.4) is 0 Å². The van der Waals surface area contributed by atoms with Crippen LogP contribution in [0.5, 0.6) is 5.75 Å². The quantitative estimate of drug-likeness (QED) is 0.249. The van der Waals surface area contributed by atoms with Gasteiger partial charge in [0.25, 0.3) is 0 Å². The van der Waals surface area contributed by atoms with Gasteiger partial charge in [-0.05, 0) is 59.3 Å². The molecule has 1 aliphatic heterocycles. The van der Waals surface area contributed by atoms with Crippen LogP contribution in [0, 0.1) is 12.8 Å². The lowest BCUT2D eigenvalue weighted by Gasteiger charge is -2.27. The first kappa shape index (κ1) is 26.1. The van der Waals surface area contributed by atoms with Gasteiger partial charge in [-0.2, -0.15) is 5.10 Å². The van der Waals surface area contributed by atoms with E-state index in [2.05, 4.69) is 41.3 Å². The summed E-state index contributed by atoms with van der Waals surface area (Å²) in [7, 11) is 1.53. The summed E-state index contributed by atoms with van der Waals surface area (Å²) < 4.78 is 7.33. The van der Waals surface area contributed by atoms with E-state index in [0.29, 0.717) is 45.2 Å². The maximum Gasteiger partial charge on any atom is 0.248 e. The van der Waals surface area contributed by atoms with Crippen molar-refractivity contribution in [2.75, 3.05) is 12.4 Å². The number of Topliss-reactive ketones (excluding diaryl/α,β-unsaturated/α-hetero) is 1. The number of anilines is 1. The summed E-state index contributed by atoms with van der Waals surface area (Å²) in [6.07, 6.45) is 4.93. The summed E-state index contributed by atoms with van der Waals surface area (Å²) in [5.74, 6) is 1.12. The van der Waals surface area contributed by atoms with Crippen molar-refractivity contribution in [3.05, 3.63) is 58.8 Å². The molecule has 204 valence electrons. The number of likely N-dealkylation sites (tertiary alicyclic amines) is 1. The molecule has 2 amide bonds. The maximum atomic E-state index is 13.7. The molecule has 4 heterocycles. The van der Waals surface area contributed by atoms with Crippen LogP contribution in [-0.4, -0.2) is 66.4 Å². The number of hydrogen-bond donors (Lipinski definition) is 1. The Bertz CT molecular complexity index is 1670. The van der Waals surface area contributed by atoms with E-state index in [1.54, 1.807) is 34.1 Å². The molecule has 12 heteroatoms. The van der Waals surface area contributed by atoms with Gasteiger partial charge < -0.3 is 15.0 Å². The van der Waals surface area contributed by atoms with Crippen molar-refractivity contribution in [2.45, 2.75) is 45.3 Å². The average Bonchev–Trinajstić information content (AvgIpc) is 3.43. The standard InChI is InChI=1S/C28H26BrN7O4/c1-14(37)27-20-6-16(18-11-30-15(2)31-12-18)4-5-21(20)35(34-27)13-26(38)36-22-7-17(22)8-23(36)28(39)33-25-10-19(40-3)9-24(29)32-25/h4-6,9-12,17,22-23H,7-8,13H2,1-3H3,(H,32,33,39)/t17-,22-,23+/m1/s1. The van der Waals surface area contributed by atoms with Gasteiger partial charge in [0.1, 0.15) is 40.3 Å². The Morgan fingerprint density at radius 3 is 2.60 bits per heavy atom. The van der Waals surface area contributed by atoms with Crippen molar-refractivity contribution < 1.29 is 19.1 Å². The number of pyridine rings is 1. The summed E-state index contributed by atoms with van der Waals surface area (Å²) >= 11 is 3.32. The molecular formula is C28H26BrN7O4. The Labute approximate surface area is 238 Å². The number of methoxy groups -OCH3 is 1. The van der Waals surface area contributed by atoms with E-state index in [4.69, 9.17) is 4.74 Å². The summed E-state index contributed by atoms with van der Waals surface area (Å²) in [5, 5.41) is 7.99. The number of nitrogens with one attached hydrogen (secondary N) is 1. The topological polar surface area (TPSA) is 132 Å². The highest BCUT2D eigenvalue weighted by atomic mass is 79.9. The molecule has 1 saturated heterocycles. The number of benzene rings is 1. The second-order valence-electron chi connectivity index (χ2n) is 10.1. The van der Waals surface area contributed by atoms with Crippen molar-refractivity contribution in [1.29, 1.82) is 0 Å². The fourth-order valence-corrected chi connectivity index (χ4v) is 5.82. The first-order chi connectivity index (χ1) is 19.2. The Kier molecular flexibility index (Phi) is 6.57. The van der Waals surface area contributed by atoms with Gasteiger partial charge in [-0.3, -0.25) is 19.1 Å². The smallest absolute Gasteiger partial charge is 0.248 e. The lowest BCUT2D eigenvalue weighted by molar-refractivity contribution is -0.138. The number of hydrogen-bond acceptors (Lipinski definition) is 8. The van der Waals surface area contributed by atoms with Crippen LogP contribution in [0.4, 0.5) is 5.82 Å². The Hall–Kier alpha value is -4.19. The molecule has 1 aliphatic carbocycles. The fraction of sp³-hybridized carbons (Fsp3) is 0.321. The average molecular weight is 604 g/mol. The Balaban J connectivity index is 1.26. The van der Waals surface area contributed by atoms with Gasteiger partial charge in [0.15, 0.2) is 5.78 Å². The minimum Gasteiger partial charge on any atom is -0.497 e. The largest absolute Gasteiger partial charge is 0.497 e. The summed E-state index contributed by atoms with van der Waals surface area (Å²) in [6.45, 7) is 3.18. The molecule has 4 aromatic rings. The van der Waals surface area contributed by atoms with Gasteiger partial charge in [-0.1, -0.05) is 6.07 Å². The van der Waals surface area contributed by atoms with Gasteiger partial charge in [0.05, 0.1) is 12.6 Å². The molecule has 0 unspecified atom stereocenters. The number of nitrogens with zero attached hydrogens (tertiary/aromatic N) is 6. The number of aryl methyl sites for hydroxylation is 1. The molecule has 3 aromatic heterocycles. The zero-order chi connectivity index (χ0) is 28.1. The second-order valence-corrected chi connectivity index (χ2v) is 10.9.